The molecule has 3 aromatic heterocycles. The van der Waals surface area contributed by atoms with Gasteiger partial charge in [-0.25, -0.2) is 0 Å². The molecule has 3 rings (SSSR count). The molecular weight excluding hydrogens is 306 g/mol. The van der Waals surface area contributed by atoms with Crippen LogP contribution in [-0.2, 0) is 5.60 Å². The normalized spacial score (nSPS) is 13.8. The van der Waals surface area contributed by atoms with E-state index in [-0.39, 0.29) is 18.2 Å². The van der Waals surface area contributed by atoms with E-state index in [0.717, 1.165) is 10.4 Å². The lowest BCUT2D eigenvalue weighted by atomic mass is 9.94. The molecule has 3 heterocycles. The van der Waals surface area contributed by atoms with Crippen LogP contribution in [0.2, 0.25) is 0 Å². The lowest BCUT2D eigenvalue weighted by Crippen LogP contribution is -2.40. The Morgan fingerprint density at radius 1 is 1.29 bits per heavy atom. The second-order valence-corrected chi connectivity index (χ2v) is 6.24. The zero-order valence-electron chi connectivity index (χ0n) is 11.0. The van der Waals surface area contributed by atoms with Gasteiger partial charge in [0.05, 0.1) is 12.8 Å². The second-order valence-electron chi connectivity index (χ2n) is 4.51. The third-order valence-electron chi connectivity index (χ3n) is 3.18. The van der Waals surface area contributed by atoms with Crippen molar-refractivity contribution < 1.29 is 14.3 Å². The van der Waals surface area contributed by atoms with Gasteiger partial charge in [-0.1, -0.05) is 6.07 Å². The van der Waals surface area contributed by atoms with Gasteiger partial charge in [0.1, 0.15) is 5.60 Å². The van der Waals surface area contributed by atoms with Crippen molar-refractivity contribution in [2.24, 2.45) is 0 Å². The molecule has 6 heteroatoms. The summed E-state index contributed by atoms with van der Waals surface area (Å²) in [7, 11) is 0. The molecule has 4 nitrogen and oxygen atoms in total. The third-order valence-corrected chi connectivity index (χ3v) is 4.88. The molecule has 1 amide bonds. The molecule has 0 saturated carbocycles. The van der Waals surface area contributed by atoms with E-state index in [1.165, 1.54) is 28.9 Å². The maximum atomic E-state index is 12.0. The maximum absolute atomic E-state index is 12.0. The summed E-state index contributed by atoms with van der Waals surface area (Å²) in [5.74, 6) is -0.112. The Bertz CT molecular complexity index is 653. The zero-order valence-corrected chi connectivity index (χ0v) is 12.6. The van der Waals surface area contributed by atoms with Crippen LogP contribution in [0.4, 0.5) is 0 Å². The quantitative estimate of drug-likeness (QED) is 0.760. The molecular formula is C15H13NO3S2. The van der Waals surface area contributed by atoms with Crippen molar-refractivity contribution in [3.05, 3.63) is 68.9 Å². The third kappa shape index (κ3) is 2.78. The number of hydrogen-bond donors (Lipinski definition) is 2. The highest BCUT2D eigenvalue weighted by Crippen LogP contribution is 2.33. The van der Waals surface area contributed by atoms with Crippen LogP contribution in [0.3, 0.4) is 0 Å². The molecule has 0 spiro atoms. The number of carbonyl (C=O) groups excluding carboxylic acids is 1. The number of furan rings is 1. The van der Waals surface area contributed by atoms with Crippen LogP contribution in [0.25, 0.3) is 0 Å². The monoisotopic (exact) mass is 319 g/mol. The van der Waals surface area contributed by atoms with Crippen LogP contribution < -0.4 is 5.32 Å². The fourth-order valence-electron chi connectivity index (χ4n) is 2.05. The van der Waals surface area contributed by atoms with E-state index in [1.807, 2.05) is 34.3 Å². The summed E-state index contributed by atoms with van der Waals surface area (Å²) in [6.07, 6.45) is 1.44. The SMILES string of the molecule is O=C(NC[C@@](O)(c1ccsc1)c1cccs1)c1ccco1. The summed E-state index contributed by atoms with van der Waals surface area (Å²) in [6, 6.07) is 8.85. The maximum Gasteiger partial charge on any atom is 0.287 e. The van der Waals surface area contributed by atoms with Gasteiger partial charge < -0.3 is 14.8 Å². The molecule has 0 radical (unpaired) electrons. The Balaban J connectivity index is 1.83. The first-order valence-corrected chi connectivity index (χ1v) is 8.13. The van der Waals surface area contributed by atoms with E-state index >= 15 is 0 Å². The summed E-state index contributed by atoms with van der Waals surface area (Å²) in [5, 5.41) is 19.5. The zero-order chi connectivity index (χ0) is 14.7. The van der Waals surface area contributed by atoms with Crippen molar-refractivity contribution in [2.75, 3.05) is 6.54 Å². The van der Waals surface area contributed by atoms with Crippen LogP contribution in [0.15, 0.2) is 57.2 Å². The van der Waals surface area contributed by atoms with E-state index in [2.05, 4.69) is 5.32 Å². The molecule has 108 valence electrons. The number of nitrogens with one attached hydrogen (secondary N) is 1. The van der Waals surface area contributed by atoms with E-state index in [9.17, 15) is 9.90 Å². The van der Waals surface area contributed by atoms with Crippen molar-refractivity contribution >= 4 is 28.6 Å². The highest BCUT2D eigenvalue weighted by molar-refractivity contribution is 7.10. The van der Waals surface area contributed by atoms with Gasteiger partial charge in [0, 0.05) is 10.4 Å². The summed E-state index contributed by atoms with van der Waals surface area (Å²) in [6.45, 7) is 0.0871. The first-order chi connectivity index (χ1) is 10.2. The lowest BCUT2D eigenvalue weighted by Gasteiger charge is -2.26. The first-order valence-electron chi connectivity index (χ1n) is 6.31. The molecule has 1 atom stereocenters. The Morgan fingerprint density at radius 2 is 2.19 bits per heavy atom. The first kappa shape index (κ1) is 14.1. The van der Waals surface area contributed by atoms with Crippen molar-refractivity contribution in [1.82, 2.24) is 5.32 Å². The standard InChI is InChI=1S/C15H13NO3S2/c17-14(12-3-1-6-19-12)16-10-15(18,11-5-8-20-9-11)13-4-2-7-21-13/h1-9,18H,10H2,(H,16,17)/t15-/m1/s1. The van der Waals surface area contributed by atoms with Gasteiger partial charge in [-0.2, -0.15) is 11.3 Å². The Labute approximate surface area is 129 Å². The number of amides is 1. The predicted molar refractivity (Wildman–Crippen MR) is 82.7 cm³/mol. The highest BCUT2D eigenvalue weighted by Gasteiger charge is 2.33. The number of carbonyl (C=O) groups is 1. The minimum Gasteiger partial charge on any atom is -0.459 e. The summed E-state index contributed by atoms with van der Waals surface area (Å²) in [5.41, 5.74) is -0.453. The second kappa shape index (κ2) is 5.85. The number of rotatable bonds is 5. The minimum atomic E-state index is -1.23. The van der Waals surface area contributed by atoms with Gasteiger partial charge >= 0.3 is 0 Å². The van der Waals surface area contributed by atoms with Gasteiger partial charge in [-0.05, 0) is 40.4 Å². The fraction of sp³-hybridized carbons (Fsp3) is 0.133. The summed E-state index contributed by atoms with van der Waals surface area (Å²) < 4.78 is 5.05. The smallest absolute Gasteiger partial charge is 0.287 e. The molecule has 3 aromatic rings. The Morgan fingerprint density at radius 3 is 2.81 bits per heavy atom. The molecule has 2 N–H and O–H groups in total. The summed E-state index contributed by atoms with van der Waals surface area (Å²) >= 11 is 2.97. The van der Waals surface area contributed by atoms with E-state index < -0.39 is 5.60 Å². The average molecular weight is 319 g/mol. The van der Waals surface area contributed by atoms with Crippen LogP contribution in [0.1, 0.15) is 21.0 Å². The van der Waals surface area contributed by atoms with Crippen LogP contribution >= 0.6 is 22.7 Å². The van der Waals surface area contributed by atoms with Crippen molar-refractivity contribution in [3.8, 4) is 0 Å². The molecule has 0 aliphatic rings. The van der Waals surface area contributed by atoms with Gasteiger partial charge in [-0.3, -0.25) is 4.79 Å². The van der Waals surface area contributed by atoms with Crippen LogP contribution in [0.5, 0.6) is 0 Å². The van der Waals surface area contributed by atoms with Gasteiger partial charge in [0.2, 0.25) is 0 Å². The Kier molecular flexibility index (Phi) is 3.92. The number of thiophene rings is 2. The van der Waals surface area contributed by atoms with Gasteiger partial charge in [-0.15, -0.1) is 11.3 Å². The van der Waals surface area contributed by atoms with Crippen LogP contribution in [-0.4, -0.2) is 17.6 Å². The number of hydrogen-bond acceptors (Lipinski definition) is 5. The van der Waals surface area contributed by atoms with Crippen molar-refractivity contribution in [1.29, 1.82) is 0 Å². The molecule has 0 aliphatic carbocycles. The van der Waals surface area contributed by atoms with E-state index in [1.54, 1.807) is 12.1 Å². The Hall–Kier alpha value is -1.89. The predicted octanol–water partition coefficient (Wildman–Crippen LogP) is 3.07. The fourth-order valence-corrected chi connectivity index (χ4v) is 3.62. The van der Waals surface area contributed by atoms with Crippen LogP contribution in [0, 0.1) is 0 Å². The molecule has 21 heavy (non-hydrogen) atoms. The molecule has 0 aromatic carbocycles. The topological polar surface area (TPSA) is 62.5 Å². The highest BCUT2D eigenvalue weighted by atomic mass is 32.1. The molecule has 0 fully saturated rings. The van der Waals surface area contributed by atoms with Crippen molar-refractivity contribution in [2.45, 2.75) is 5.60 Å². The summed E-state index contributed by atoms with van der Waals surface area (Å²) in [4.78, 5) is 12.8. The van der Waals surface area contributed by atoms with E-state index in [4.69, 9.17) is 4.42 Å². The molecule has 0 unspecified atom stereocenters. The number of aliphatic hydroxyl groups is 1. The minimum absolute atomic E-state index is 0.0871. The molecule has 0 aliphatic heterocycles. The van der Waals surface area contributed by atoms with Gasteiger partial charge in [0.15, 0.2) is 5.76 Å². The lowest BCUT2D eigenvalue weighted by molar-refractivity contribution is 0.0706. The van der Waals surface area contributed by atoms with Crippen molar-refractivity contribution in [3.63, 3.8) is 0 Å². The van der Waals surface area contributed by atoms with E-state index in [0.29, 0.717) is 0 Å². The average Bonchev–Trinajstić information content (AvgIpc) is 3.27. The molecule has 0 bridgehead atoms. The van der Waals surface area contributed by atoms with Gasteiger partial charge in [0.25, 0.3) is 5.91 Å². The largest absolute Gasteiger partial charge is 0.459 e. The molecule has 0 saturated heterocycles.